The van der Waals surface area contributed by atoms with Crippen molar-refractivity contribution >= 4 is 36.3 Å². The predicted octanol–water partition coefficient (Wildman–Crippen LogP) is 1.70. The van der Waals surface area contributed by atoms with Crippen LogP contribution < -0.4 is 16.0 Å². The molecular weight excluding hydrogens is 514 g/mol. The number of nitrogens with one attached hydrogen (secondary N) is 3. The summed E-state index contributed by atoms with van der Waals surface area (Å²) in [5, 5.41) is 7.63. The van der Waals surface area contributed by atoms with Gasteiger partial charge in [0, 0.05) is 45.3 Å². The maximum absolute atomic E-state index is 13.8. The largest absolute Gasteiger partial charge is 0.357 e. The van der Waals surface area contributed by atoms with Crippen LogP contribution in [0.5, 0.6) is 0 Å². The van der Waals surface area contributed by atoms with Gasteiger partial charge in [-0.3, -0.25) is 24.1 Å². The molecule has 10 heteroatoms. The third-order valence-corrected chi connectivity index (χ3v) is 7.26. The Morgan fingerprint density at radius 1 is 0.974 bits per heavy atom. The van der Waals surface area contributed by atoms with E-state index in [1.807, 2.05) is 50.2 Å². The van der Waals surface area contributed by atoms with Gasteiger partial charge in [0.05, 0.1) is 5.25 Å². The first-order valence-corrected chi connectivity index (χ1v) is 13.8. The van der Waals surface area contributed by atoms with Crippen molar-refractivity contribution in [2.75, 3.05) is 33.2 Å². The lowest BCUT2D eigenvalue weighted by Gasteiger charge is -2.34. The molecule has 0 aliphatic carbocycles. The van der Waals surface area contributed by atoms with Gasteiger partial charge in [-0.2, -0.15) is 12.6 Å². The number of likely N-dealkylation sites (N-methyl/N-ethyl adjacent to an activating group) is 1. The predicted molar refractivity (Wildman–Crippen MR) is 154 cm³/mol. The molecule has 0 aromatic heterocycles. The number of hydrogen-bond acceptors (Lipinski definition) is 6. The molecule has 0 spiro atoms. The lowest BCUT2D eigenvalue weighted by molar-refractivity contribution is -0.143. The van der Waals surface area contributed by atoms with Crippen molar-refractivity contribution in [1.29, 1.82) is 0 Å². The fourth-order valence-electron chi connectivity index (χ4n) is 4.72. The number of carbonyl (C=O) groups excluding carboxylic acids is 4. The van der Waals surface area contributed by atoms with E-state index in [1.54, 1.807) is 36.2 Å². The zero-order valence-corrected chi connectivity index (χ0v) is 23.7. The van der Waals surface area contributed by atoms with Crippen LogP contribution in [0.3, 0.4) is 0 Å². The molecule has 1 unspecified atom stereocenters. The average molecular weight is 554 g/mol. The van der Waals surface area contributed by atoms with Crippen LogP contribution in [-0.4, -0.2) is 84.0 Å². The monoisotopic (exact) mass is 553 g/mol. The molecule has 3 atom stereocenters. The van der Waals surface area contributed by atoms with Crippen molar-refractivity contribution in [2.45, 2.75) is 44.1 Å². The Labute approximate surface area is 236 Å². The molecule has 4 amide bonds. The van der Waals surface area contributed by atoms with E-state index < -0.39 is 23.2 Å². The van der Waals surface area contributed by atoms with Crippen molar-refractivity contribution in [1.82, 2.24) is 25.8 Å². The molecule has 1 saturated heterocycles. The van der Waals surface area contributed by atoms with Gasteiger partial charge in [0.1, 0.15) is 12.1 Å². The first kappa shape index (κ1) is 30.2. The van der Waals surface area contributed by atoms with Crippen LogP contribution in [0.4, 0.5) is 0 Å². The SMILES string of the molecule is CNC(=O)[C@H](C(C)C)N1CCN(Cc2ccccc2)C[C@H](NC(=O)C(S)CCNC(=O)c2ccccc2)C1=O. The van der Waals surface area contributed by atoms with E-state index in [2.05, 4.69) is 33.5 Å². The molecular formula is C29H39N5O4S. The molecule has 2 aromatic rings. The highest BCUT2D eigenvalue weighted by molar-refractivity contribution is 7.81. The van der Waals surface area contributed by atoms with Crippen molar-refractivity contribution in [3.63, 3.8) is 0 Å². The van der Waals surface area contributed by atoms with Gasteiger partial charge in [0.25, 0.3) is 5.91 Å². The molecule has 0 saturated carbocycles. The highest BCUT2D eigenvalue weighted by Gasteiger charge is 2.39. The molecule has 210 valence electrons. The first-order valence-electron chi connectivity index (χ1n) is 13.3. The van der Waals surface area contributed by atoms with Crippen molar-refractivity contribution in [3.05, 3.63) is 71.8 Å². The molecule has 2 aromatic carbocycles. The Morgan fingerprint density at radius 3 is 2.23 bits per heavy atom. The second-order valence-corrected chi connectivity index (χ2v) is 10.7. The maximum Gasteiger partial charge on any atom is 0.251 e. The first-order chi connectivity index (χ1) is 18.7. The zero-order valence-electron chi connectivity index (χ0n) is 22.8. The van der Waals surface area contributed by atoms with E-state index in [-0.39, 0.29) is 30.2 Å². The summed E-state index contributed by atoms with van der Waals surface area (Å²) in [6.07, 6.45) is 0.290. The van der Waals surface area contributed by atoms with Crippen LogP contribution in [-0.2, 0) is 20.9 Å². The third-order valence-electron chi connectivity index (χ3n) is 6.77. The minimum Gasteiger partial charge on any atom is -0.357 e. The maximum atomic E-state index is 13.8. The summed E-state index contributed by atoms with van der Waals surface area (Å²) in [5.74, 6) is -1.26. The molecule has 1 fully saturated rings. The van der Waals surface area contributed by atoms with Gasteiger partial charge in [0.2, 0.25) is 17.7 Å². The van der Waals surface area contributed by atoms with Crippen LogP contribution in [0.15, 0.2) is 60.7 Å². The van der Waals surface area contributed by atoms with Gasteiger partial charge in [0.15, 0.2) is 0 Å². The summed E-state index contributed by atoms with van der Waals surface area (Å²) in [5.41, 5.74) is 1.63. The topological polar surface area (TPSA) is 111 Å². The van der Waals surface area contributed by atoms with Gasteiger partial charge < -0.3 is 20.9 Å². The third kappa shape index (κ3) is 8.56. The van der Waals surface area contributed by atoms with Crippen molar-refractivity contribution < 1.29 is 19.2 Å². The van der Waals surface area contributed by atoms with Crippen molar-refractivity contribution in [3.8, 4) is 0 Å². The smallest absolute Gasteiger partial charge is 0.251 e. The summed E-state index contributed by atoms with van der Waals surface area (Å²) in [7, 11) is 1.56. The fourth-order valence-corrected chi connectivity index (χ4v) is 4.92. The Bertz CT molecular complexity index is 1120. The number of rotatable bonds is 11. The number of hydrogen-bond donors (Lipinski definition) is 4. The summed E-state index contributed by atoms with van der Waals surface area (Å²) in [4.78, 5) is 55.6. The summed E-state index contributed by atoms with van der Waals surface area (Å²) < 4.78 is 0. The number of amides is 4. The van der Waals surface area contributed by atoms with Gasteiger partial charge in [-0.1, -0.05) is 62.4 Å². The summed E-state index contributed by atoms with van der Waals surface area (Å²) in [6.45, 7) is 5.90. The second-order valence-electron chi connectivity index (χ2n) is 10.0. The van der Waals surface area contributed by atoms with E-state index in [1.165, 1.54) is 0 Å². The van der Waals surface area contributed by atoms with E-state index in [0.29, 0.717) is 38.2 Å². The van der Waals surface area contributed by atoms with Gasteiger partial charge in [-0.05, 0) is 30.0 Å². The quantitative estimate of drug-likeness (QED) is 0.317. The number of carbonyl (C=O) groups is 4. The Balaban J connectivity index is 1.69. The highest BCUT2D eigenvalue weighted by atomic mass is 32.1. The standard InChI is InChI=1S/C29H39N5O4S/c1-20(2)25(28(37)30-3)34-17-16-33(18-21-10-6-4-7-11-21)19-23(29(34)38)32-27(36)24(39)14-15-31-26(35)22-12-8-5-9-13-22/h4-13,20,23-25,39H,14-19H2,1-3H3,(H,30,37)(H,31,35)(H,32,36)/t23-,24?,25-/m0/s1. The zero-order chi connectivity index (χ0) is 28.4. The van der Waals surface area contributed by atoms with Gasteiger partial charge in [-0.25, -0.2) is 0 Å². The second kappa shape index (κ2) is 14.7. The summed E-state index contributed by atoms with van der Waals surface area (Å²) in [6, 6.07) is 17.3. The Hall–Kier alpha value is -3.37. The van der Waals surface area contributed by atoms with Crippen LogP contribution in [0.25, 0.3) is 0 Å². The molecule has 9 nitrogen and oxygen atoms in total. The molecule has 3 rings (SSSR count). The van der Waals surface area contributed by atoms with E-state index in [4.69, 9.17) is 0 Å². The molecule has 0 radical (unpaired) electrons. The normalized spacial score (nSPS) is 17.7. The van der Waals surface area contributed by atoms with Crippen LogP contribution in [0.2, 0.25) is 0 Å². The van der Waals surface area contributed by atoms with E-state index in [0.717, 1.165) is 5.56 Å². The van der Waals surface area contributed by atoms with Gasteiger partial charge in [-0.15, -0.1) is 0 Å². The minimum atomic E-state index is -0.844. The lowest BCUT2D eigenvalue weighted by Crippen LogP contribution is -2.58. The highest BCUT2D eigenvalue weighted by Crippen LogP contribution is 2.18. The van der Waals surface area contributed by atoms with Crippen LogP contribution >= 0.6 is 12.6 Å². The summed E-state index contributed by atoms with van der Waals surface area (Å²) >= 11 is 4.45. The number of benzene rings is 2. The van der Waals surface area contributed by atoms with Crippen LogP contribution in [0, 0.1) is 5.92 Å². The Kier molecular flexibility index (Phi) is 11.4. The molecule has 39 heavy (non-hydrogen) atoms. The number of thiol groups is 1. The van der Waals surface area contributed by atoms with Gasteiger partial charge >= 0.3 is 0 Å². The van der Waals surface area contributed by atoms with E-state index in [9.17, 15) is 19.2 Å². The molecule has 1 heterocycles. The average Bonchev–Trinajstić information content (AvgIpc) is 3.08. The molecule has 0 bridgehead atoms. The fraction of sp³-hybridized carbons (Fsp3) is 0.448. The van der Waals surface area contributed by atoms with Crippen LogP contribution in [0.1, 0.15) is 36.2 Å². The van der Waals surface area contributed by atoms with Crippen molar-refractivity contribution in [2.24, 2.45) is 5.92 Å². The Morgan fingerprint density at radius 2 is 1.62 bits per heavy atom. The van der Waals surface area contributed by atoms with E-state index >= 15 is 0 Å². The molecule has 1 aliphatic rings. The molecule has 1 aliphatic heterocycles. The lowest BCUT2D eigenvalue weighted by atomic mass is 10.0. The number of nitrogens with zero attached hydrogens (tertiary/aromatic N) is 2. The molecule has 3 N–H and O–H groups in total. The minimum absolute atomic E-state index is 0.114.